The van der Waals surface area contributed by atoms with Crippen LogP contribution >= 0.6 is 0 Å². The monoisotopic (exact) mass is 231 g/mol. The maximum atomic E-state index is 4.04. The number of hydrogen-bond acceptors (Lipinski definition) is 4. The molecule has 0 aliphatic carbocycles. The van der Waals surface area contributed by atoms with Crippen molar-refractivity contribution < 1.29 is 0 Å². The number of rotatable bonds is 5. The number of benzene rings is 1. The summed E-state index contributed by atoms with van der Waals surface area (Å²) >= 11 is 0. The number of aromatic amines is 1. The second kappa shape index (κ2) is 5.54. The maximum absolute atomic E-state index is 4.04. The molecule has 0 bridgehead atoms. The SMILES string of the molecule is CC(C)C(NCc1ccccc1)c1nn[nH]n1. The Morgan fingerprint density at radius 1 is 1.24 bits per heavy atom. The van der Waals surface area contributed by atoms with Gasteiger partial charge in [0.2, 0.25) is 0 Å². The second-order valence-electron chi connectivity index (χ2n) is 4.36. The molecule has 0 aliphatic rings. The fourth-order valence-electron chi connectivity index (χ4n) is 1.75. The number of hydrogen-bond donors (Lipinski definition) is 2. The van der Waals surface area contributed by atoms with Gasteiger partial charge in [-0.05, 0) is 11.5 Å². The molecule has 5 nitrogen and oxygen atoms in total. The summed E-state index contributed by atoms with van der Waals surface area (Å²) in [6.07, 6.45) is 0. The Morgan fingerprint density at radius 2 is 2.00 bits per heavy atom. The van der Waals surface area contributed by atoms with E-state index in [4.69, 9.17) is 0 Å². The van der Waals surface area contributed by atoms with Crippen LogP contribution in [0.3, 0.4) is 0 Å². The highest BCUT2D eigenvalue weighted by atomic mass is 15.5. The van der Waals surface area contributed by atoms with Crippen LogP contribution in [0.2, 0.25) is 0 Å². The summed E-state index contributed by atoms with van der Waals surface area (Å²) in [5.41, 5.74) is 1.25. The average molecular weight is 231 g/mol. The van der Waals surface area contributed by atoms with Gasteiger partial charge in [0.1, 0.15) is 0 Å². The summed E-state index contributed by atoms with van der Waals surface area (Å²) in [6, 6.07) is 10.4. The molecule has 0 radical (unpaired) electrons. The quantitative estimate of drug-likeness (QED) is 0.821. The molecule has 0 aliphatic heterocycles. The predicted octanol–water partition coefficient (Wildman–Crippen LogP) is 1.69. The molecule has 0 spiro atoms. The zero-order valence-corrected chi connectivity index (χ0v) is 10.1. The van der Waals surface area contributed by atoms with Gasteiger partial charge in [-0.15, -0.1) is 10.2 Å². The van der Waals surface area contributed by atoms with Crippen LogP contribution in [0.15, 0.2) is 30.3 Å². The molecule has 1 aromatic carbocycles. The van der Waals surface area contributed by atoms with Gasteiger partial charge >= 0.3 is 0 Å². The van der Waals surface area contributed by atoms with Gasteiger partial charge < -0.3 is 5.32 Å². The molecular formula is C12H17N5. The van der Waals surface area contributed by atoms with Crippen LogP contribution in [0, 0.1) is 5.92 Å². The molecule has 1 unspecified atom stereocenters. The van der Waals surface area contributed by atoms with E-state index >= 15 is 0 Å². The Labute approximate surface area is 101 Å². The third-order valence-electron chi connectivity index (χ3n) is 2.68. The molecular weight excluding hydrogens is 214 g/mol. The Balaban J connectivity index is 2.00. The minimum Gasteiger partial charge on any atom is -0.303 e. The maximum Gasteiger partial charge on any atom is 0.191 e. The summed E-state index contributed by atoms with van der Waals surface area (Å²) in [5, 5.41) is 17.6. The van der Waals surface area contributed by atoms with Crippen molar-refractivity contribution >= 4 is 0 Å². The van der Waals surface area contributed by atoms with Crippen LogP contribution < -0.4 is 5.32 Å². The highest BCUT2D eigenvalue weighted by Gasteiger charge is 2.19. The molecule has 2 aromatic rings. The van der Waals surface area contributed by atoms with Gasteiger partial charge in [0.25, 0.3) is 0 Å². The molecule has 2 rings (SSSR count). The molecule has 0 saturated carbocycles. The lowest BCUT2D eigenvalue weighted by Crippen LogP contribution is -2.26. The van der Waals surface area contributed by atoms with Gasteiger partial charge in [-0.25, -0.2) is 0 Å². The predicted molar refractivity (Wildman–Crippen MR) is 65.0 cm³/mol. The lowest BCUT2D eigenvalue weighted by atomic mass is 10.0. The first-order valence-electron chi connectivity index (χ1n) is 5.78. The molecule has 1 atom stereocenters. The normalized spacial score (nSPS) is 12.9. The summed E-state index contributed by atoms with van der Waals surface area (Å²) in [6.45, 7) is 5.08. The standard InChI is InChI=1S/C12H17N5/c1-9(2)11(12-14-16-17-15-12)13-8-10-6-4-3-5-7-10/h3-7,9,11,13H,8H2,1-2H3,(H,14,15,16,17). The Bertz CT molecular complexity index is 423. The number of nitrogens with one attached hydrogen (secondary N) is 2. The number of aromatic nitrogens is 4. The van der Waals surface area contributed by atoms with Crippen molar-refractivity contribution in [1.29, 1.82) is 0 Å². The molecule has 90 valence electrons. The van der Waals surface area contributed by atoms with Gasteiger partial charge in [-0.2, -0.15) is 5.21 Å². The molecule has 1 aromatic heterocycles. The number of nitrogens with zero attached hydrogens (tertiary/aromatic N) is 3. The highest BCUT2D eigenvalue weighted by molar-refractivity contribution is 5.14. The van der Waals surface area contributed by atoms with E-state index in [-0.39, 0.29) is 6.04 Å². The van der Waals surface area contributed by atoms with Crippen molar-refractivity contribution in [2.45, 2.75) is 26.4 Å². The van der Waals surface area contributed by atoms with Gasteiger partial charge in [-0.1, -0.05) is 49.4 Å². The van der Waals surface area contributed by atoms with E-state index in [0.717, 1.165) is 12.4 Å². The minimum atomic E-state index is 0.119. The number of tetrazole rings is 1. The van der Waals surface area contributed by atoms with Gasteiger partial charge in [-0.3, -0.25) is 0 Å². The van der Waals surface area contributed by atoms with Crippen molar-refractivity contribution in [3.63, 3.8) is 0 Å². The minimum absolute atomic E-state index is 0.119. The first kappa shape index (κ1) is 11.7. The Morgan fingerprint density at radius 3 is 2.59 bits per heavy atom. The van der Waals surface area contributed by atoms with Crippen LogP contribution in [0.4, 0.5) is 0 Å². The van der Waals surface area contributed by atoms with Crippen molar-refractivity contribution in [3.05, 3.63) is 41.7 Å². The first-order valence-corrected chi connectivity index (χ1v) is 5.78. The van der Waals surface area contributed by atoms with E-state index in [2.05, 4.69) is 51.9 Å². The Hall–Kier alpha value is -1.75. The molecule has 0 fully saturated rings. The lowest BCUT2D eigenvalue weighted by molar-refractivity contribution is 0.393. The second-order valence-corrected chi connectivity index (χ2v) is 4.36. The smallest absolute Gasteiger partial charge is 0.191 e. The van der Waals surface area contributed by atoms with E-state index in [1.54, 1.807) is 0 Å². The topological polar surface area (TPSA) is 66.5 Å². The molecule has 5 heteroatoms. The van der Waals surface area contributed by atoms with Gasteiger partial charge in [0.15, 0.2) is 5.82 Å². The lowest BCUT2D eigenvalue weighted by Gasteiger charge is -2.18. The number of H-pyrrole nitrogens is 1. The summed E-state index contributed by atoms with van der Waals surface area (Å²) in [7, 11) is 0. The van der Waals surface area contributed by atoms with Crippen molar-refractivity contribution in [1.82, 2.24) is 25.9 Å². The molecule has 0 amide bonds. The third-order valence-corrected chi connectivity index (χ3v) is 2.68. The van der Waals surface area contributed by atoms with Gasteiger partial charge in [0, 0.05) is 6.54 Å². The Kier molecular flexibility index (Phi) is 3.82. The third kappa shape index (κ3) is 3.10. The van der Waals surface area contributed by atoms with E-state index in [1.165, 1.54) is 5.56 Å². The molecule has 17 heavy (non-hydrogen) atoms. The molecule has 1 heterocycles. The molecule has 2 N–H and O–H groups in total. The van der Waals surface area contributed by atoms with Crippen molar-refractivity contribution in [3.8, 4) is 0 Å². The van der Waals surface area contributed by atoms with Crippen LogP contribution in [-0.4, -0.2) is 20.6 Å². The average Bonchev–Trinajstić information content (AvgIpc) is 2.84. The van der Waals surface area contributed by atoms with Crippen molar-refractivity contribution in [2.75, 3.05) is 0 Å². The summed E-state index contributed by atoms with van der Waals surface area (Å²) in [5.74, 6) is 1.13. The van der Waals surface area contributed by atoms with Crippen molar-refractivity contribution in [2.24, 2.45) is 5.92 Å². The van der Waals surface area contributed by atoms with E-state index in [1.807, 2.05) is 18.2 Å². The fraction of sp³-hybridized carbons (Fsp3) is 0.417. The van der Waals surface area contributed by atoms with Crippen LogP contribution in [0.25, 0.3) is 0 Å². The zero-order chi connectivity index (χ0) is 12.1. The van der Waals surface area contributed by atoms with E-state index in [0.29, 0.717) is 5.92 Å². The molecule has 0 saturated heterocycles. The summed E-state index contributed by atoms with van der Waals surface area (Å²) < 4.78 is 0. The summed E-state index contributed by atoms with van der Waals surface area (Å²) in [4.78, 5) is 0. The zero-order valence-electron chi connectivity index (χ0n) is 10.1. The van der Waals surface area contributed by atoms with Gasteiger partial charge in [0.05, 0.1) is 6.04 Å². The van der Waals surface area contributed by atoms with Crippen LogP contribution in [-0.2, 0) is 6.54 Å². The van der Waals surface area contributed by atoms with E-state index in [9.17, 15) is 0 Å². The fourth-order valence-corrected chi connectivity index (χ4v) is 1.75. The highest BCUT2D eigenvalue weighted by Crippen LogP contribution is 2.17. The van der Waals surface area contributed by atoms with E-state index < -0.39 is 0 Å². The van der Waals surface area contributed by atoms with Crippen LogP contribution in [0.5, 0.6) is 0 Å². The largest absolute Gasteiger partial charge is 0.303 e. The van der Waals surface area contributed by atoms with Crippen LogP contribution in [0.1, 0.15) is 31.3 Å². The first-order chi connectivity index (χ1) is 8.27.